The van der Waals surface area contributed by atoms with Crippen LogP contribution in [0.3, 0.4) is 0 Å². The molecule has 3 aliphatic rings. The van der Waals surface area contributed by atoms with Crippen LogP contribution < -0.4 is 18.9 Å². The number of hydrogen-bond acceptors (Lipinski definition) is 8. The molecule has 1 aromatic heterocycles. The highest BCUT2D eigenvalue weighted by molar-refractivity contribution is 7.99. The van der Waals surface area contributed by atoms with Crippen molar-refractivity contribution in [2.24, 2.45) is 5.10 Å². The van der Waals surface area contributed by atoms with Crippen molar-refractivity contribution in [2.45, 2.75) is 11.3 Å². The van der Waals surface area contributed by atoms with Crippen molar-refractivity contribution in [2.75, 3.05) is 25.6 Å². The molecular weight excluding hydrogens is 392 g/mol. The second kappa shape index (κ2) is 6.70. The SMILES string of the molecule is c1ccc2c(c1)OC[C@H](c1nnc3n1N=C(c1ccc4c(c1)OCCO4)CS3)O2. The van der Waals surface area contributed by atoms with E-state index in [1.807, 2.05) is 42.5 Å². The zero-order chi connectivity index (χ0) is 19.2. The fourth-order valence-corrected chi connectivity index (χ4v) is 4.30. The predicted molar refractivity (Wildman–Crippen MR) is 105 cm³/mol. The van der Waals surface area contributed by atoms with Crippen molar-refractivity contribution in [3.63, 3.8) is 0 Å². The summed E-state index contributed by atoms with van der Waals surface area (Å²) in [5.74, 6) is 4.26. The van der Waals surface area contributed by atoms with Gasteiger partial charge in [-0.25, -0.2) is 0 Å². The molecule has 2 aromatic carbocycles. The molecule has 0 radical (unpaired) electrons. The number of fused-ring (bicyclic) bond motifs is 3. The van der Waals surface area contributed by atoms with Gasteiger partial charge in [0.2, 0.25) is 5.16 Å². The molecule has 0 aliphatic carbocycles. The molecule has 0 N–H and O–H groups in total. The molecule has 1 atom stereocenters. The first-order valence-electron chi connectivity index (χ1n) is 9.29. The largest absolute Gasteiger partial charge is 0.486 e. The quantitative estimate of drug-likeness (QED) is 0.645. The lowest BCUT2D eigenvalue weighted by Gasteiger charge is -2.26. The summed E-state index contributed by atoms with van der Waals surface area (Å²) >= 11 is 1.59. The van der Waals surface area contributed by atoms with Gasteiger partial charge in [0.1, 0.15) is 19.8 Å². The minimum Gasteiger partial charge on any atom is -0.486 e. The van der Waals surface area contributed by atoms with Crippen LogP contribution in [0.4, 0.5) is 0 Å². The van der Waals surface area contributed by atoms with Crippen molar-refractivity contribution >= 4 is 17.5 Å². The first kappa shape index (κ1) is 16.7. The Morgan fingerprint density at radius 3 is 2.66 bits per heavy atom. The molecule has 0 saturated heterocycles. The molecule has 29 heavy (non-hydrogen) atoms. The zero-order valence-electron chi connectivity index (χ0n) is 15.3. The Balaban J connectivity index is 1.34. The molecule has 0 amide bonds. The monoisotopic (exact) mass is 408 g/mol. The fraction of sp³-hybridized carbons (Fsp3) is 0.250. The Labute approximate surface area is 170 Å². The molecule has 8 nitrogen and oxygen atoms in total. The van der Waals surface area contributed by atoms with E-state index in [0.29, 0.717) is 37.1 Å². The lowest BCUT2D eigenvalue weighted by atomic mass is 10.1. The van der Waals surface area contributed by atoms with Crippen LogP contribution >= 0.6 is 11.8 Å². The van der Waals surface area contributed by atoms with Crippen molar-refractivity contribution in [3.05, 3.63) is 53.9 Å². The first-order chi connectivity index (χ1) is 14.3. The van der Waals surface area contributed by atoms with Gasteiger partial charge in [-0.3, -0.25) is 0 Å². The van der Waals surface area contributed by atoms with E-state index in [4.69, 9.17) is 24.0 Å². The maximum Gasteiger partial charge on any atom is 0.212 e. The van der Waals surface area contributed by atoms with Crippen LogP contribution in [0, 0.1) is 0 Å². The summed E-state index contributed by atoms with van der Waals surface area (Å²) < 4.78 is 25.0. The summed E-state index contributed by atoms with van der Waals surface area (Å²) in [5.41, 5.74) is 1.90. The standard InChI is InChI=1S/C20H16N4O4S/c1-2-4-16-14(3-1)27-10-18(28-16)19-21-22-20-24(19)23-13(11-29-20)12-5-6-15-17(9-12)26-8-7-25-15/h1-6,9,18H,7-8,10-11H2/t18-/m1/s1. The van der Waals surface area contributed by atoms with Gasteiger partial charge in [0, 0.05) is 11.3 Å². The number of ether oxygens (including phenoxy) is 4. The third-order valence-corrected chi connectivity index (χ3v) is 5.80. The van der Waals surface area contributed by atoms with Gasteiger partial charge in [-0.2, -0.15) is 9.78 Å². The van der Waals surface area contributed by atoms with Crippen molar-refractivity contribution in [1.29, 1.82) is 0 Å². The zero-order valence-corrected chi connectivity index (χ0v) is 16.1. The molecule has 146 valence electrons. The maximum absolute atomic E-state index is 6.09. The average Bonchev–Trinajstić information content (AvgIpc) is 3.22. The highest BCUT2D eigenvalue weighted by Crippen LogP contribution is 2.37. The summed E-state index contributed by atoms with van der Waals surface area (Å²) in [4.78, 5) is 0. The van der Waals surface area contributed by atoms with E-state index in [-0.39, 0.29) is 6.10 Å². The Morgan fingerprint density at radius 1 is 0.897 bits per heavy atom. The molecule has 3 aromatic rings. The Morgan fingerprint density at radius 2 is 1.72 bits per heavy atom. The third-order valence-electron chi connectivity index (χ3n) is 4.87. The topological polar surface area (TPSA) is 80.0 Å². The van der Waals surface area contributed by atoms with Gasteiger partial charge in [-0.05, 0) is 30.3 Å². The third kappa shape index (κ3) is 2.89. The van der Waals surface area contributed by atoms with E-state index >= 15 is 0 Å². The van der Waals surface area contributed by atoms with Crippen LogP contribution in [0.25, 0.3) is 0 Å². The van der Waals surface area contributed by atoms with Gasteiger partial charge in [0.05, 0.1) is 5.71 Å². The molecule has 0 unspecified atom stereocenters. The number of hydrogen-bond donors (Lipinski definition) is 0. The van der Waals surface area contributed by atoms with Crippen LogP contribution in [0.1, 0.15) is 17.5 Å². The molecule has 3 aliphatic heterocycles. The summed E-state index contributed by atoms with van der Waals surface area (Å²) in [7, 11) is 0. The summed E-state index contributed by atoms with van der Waals surface area (Å²) in [6.07, 6.45) is -0.380. The Kier molecular flexibility index (Phi) is 3.86. The molecule has 0 saturated carbocycles. The number of nitrogens with zero attached hydrogens (tertiary/aromatic N) is 4. The van der Waals surface area contributed by atoms with E-state index in [2.05, 4.69) is 10.2 Å². The number of benzene rings is 2. The normalized spacial score (nSPS) is 19.3. The van der Waals surface area contributed by atoms with Crippen LogP contribution in [0.15, 0.2) is 52.7 Å². The second-order valence-corrected chi connectivity index (χ2v) is 7.65. The Bertz CT molecular complexity index is 1130. The molecule has 0 fully saturated rings. The minimum absolute atomic E-state index is 0.356. The van der Waals surface area contributed by atoms with E-state index in [0.717, 1.165) is 33.7 Å². The second-order valence-electron chi connectivity index (χ2n) is 6.71. The van der Waals surface area contributed by atoms with Gasteiger partial charge < -0.3 is 18.9 Å². The number of para-hydroxylation sites is 2. The van der Waals surface area contributed by atoms with E-state index in [1.54, 1.807) is 16.4 Å². The number of thioether (sulfide) groups is 1. The summed E-state index contributed by atoms with van der Waals surface area (Å²) in [5, 5.41) is 14.2. The number of aromatic nitrogens is 3. The van der Waals surface area contributed by atoms with Crippen molar-refractivity contribution in [1.82, 2.24) is 14.9 Å². The van der Waals surface area contributed by atoms with Crippen LogP contribution in [0.2, 0.25) is 0 Å². The number of rotatable bonds is 2. The van der Waals surface area contributed by atoms with E-state index in [9.17, 15) is 0 Å². The van der Waals surface area contributed by atoms with Crippen molar-refractivity contribution < 1.29 is 18.9 Å². The minimum atomic E-state index is -0.380. The van der Waals surface area contributed by atoms with Gasteiger partial charge >= 0.3 is 0 Å². The lowest BCUT2D eigenvalue weighted by molar-refractivity contribution is 0.0823. The first-order valence-corrected chi connectivity index (χ1v) is 10.3. The predicted octanol–water partition coefficient (Wildman–Crippen LogP) is 2.92. The van der Waals surface area contributed by atoms with Crippen LogP contribution in [-0.4, -0.2) is 46.2 Å². The van der Waals surface area contributed by atoms with Gasteiger partial charge in [0.15, 0.2) is 34.9 Å². The molecule has 4 heterocycles. The summed E-state index contributed by atoms with van der Waals surface area (Å²) in [6, 6.07) is 13.5. The molecule has 6 rings (SSSR count). The fourth-order valence-electron chi connectivity index (χ4n) is 3.45. The Hall–Kier alpha value is -3.20. The van der Waals surface area contributed by atoms with Crippen LogP contribution in [-0.2, 0) is 0 Å². The molecular formula is C20H16N4O4S. The van der Waals surface area contributed by atoms with E-state index < -0.39 is 0 Å². The lowest BCUT2D eigenvalue weighted by Crippen LogP contribution is -2.25. The highest BCUT2D eigenvalue weighted by atomic mass is 32.2. The van der Waals surface area contributed by atoms with Gasteiger partial charge in [-0.15, -0.1) is 10.2 Å². The van der Waals surface area contributed by atoms with Crippen LogP contribution in [0.5, 0.6) is 23.0 Å². The van der Waals surface area contributed by atoms with E-state index in [1.165, 1.54) is 0 Å². The highest BCUT2D eigenvalue weighted by Gasteiger charge is 2.30. The molecule has 0 bridgehead atoms. The van der Waals surface area contributed by atoms with Gasteiger partial charge in [-0.1, -0.05) is 23.9 Å². The average molecular weight is 408 g/mol. The smallest absolute Gasteiger partial charge is 0.212 e. The summed E-state index contributed by atoms with van der Waals surface area (Å²) in [6.45, 7) is 1.48. The molecule has 9 heteroatoms. The van der Waals surface area contributed by atoms with Crippen molar-refractivity contribution in [3.8, 4) is 23.0 Å². The molecule has 0 spiro atoms. The van der Waals surface area contributed by atoms with Gasteiger partial charge in [0.25, 0.3) is 0 Å². The maximum atomic E-state index is 6.09.